The van der Waals surface area contributed by atoms with E-state index in [0.717, 1.165) is 17.5 Å². The first kappa shape index (κ1) is 27.2. The Hall–Kier alpha value is -4.40. The lowest BCUT2D eigenvalue weighted by Crippen LogP contribution is -2.15. The number of pyridine rings is 1. The topological polar surface area (TPSA) is 146 Å². The molecule has 10 nitrogen and oxygen atoms in total. The largest absolute Gasteiger partial charge is 0.480 e. The highest BCUT2D eigenvalue weighted by Gasteiger charge is 2.22. The van der Waals surface area contributed by atoms with Gasteiger partial charge >= 0.3 is 0 Å². The highest BCUT2D eigenvalue weighted by Crippen LogP contribution is 2.35. The maximum Gasteiger partial charge on any atom is 0.264 e. The Labute approximate surface area is 228 Å². The van der Waals surface area contributed by atoms with Gasteiger partial charge in [0.2, 0.25) is 15.9 Å². The fourth-order valence-electron chi connectivity index (χ4n) is 4.26. The van der Waals surface area contributed by atoms with Crippen molar-refractivity contribution in [3.63, 3.8) is 0 Å². The van der Waals surface area contributed by atoms with Crippen molar-refractivity contribution in [1.29, 1.82) is 0 Å². The van der Waals surface area contributed by atoms with Gasteiger partial charge in [0.15, 0.2) is 0 Å². The predicted molar refractivity (Wildman–Crippen MR) is 144 cm³/mol. The number of fused-ring (bicyclic) bond motifs is 1. The van der Waals surface area contributed by atoms with Gasteiger partial charge < -0.3 is 4.74 Å². The molecule has 0 amide bonds. The Bertz CT molecular complexity index is 1990. The second-order valence-corrected chi connectivity index (χ2v) is 11.9. The quantitative estimate of drug-likeness (QED) is 0.293. The summed E-state index contributed by atoms with van der Waals surface area (Å²) in [5, 5.41) is 10.5. The number of nitrogens with one attached hydrogen (secondary N) is 1. The molecule has 0 spiro atoms. The number of methoxy groups -OCH3 is 1. The van der Waals surface area contributed by atoms with E-state index in [0.29, 0.717) is 34.0 Å². The summed E-state index contributed by atoms with van der Waals surface area (Å²) in [6.07, 6.45) is 1.48. The van der Waals surface area contributed by atoms with Crippen LogP contribution >= 0.6 is 0 Å². The van der Waals surface area contributed by atoms with Crippen LogP contribution in [-0.4, -0.2) is 38.7 Å². The van der Waals surface area contributed by atoms with Gasteiger partial charge in [0.25, 0.3) is 10.0 Å². The monoisotopic (exact) mass is 585 g/mol. The number of sulfonamides is 2. The van der Waals surface area contributed by atoms with E-state index in [1.54, 1.807) is 36.0 Å². The maximum atomic E-state index is 14.2. The molecule has 0 saturated carbocycles. The number of nitrogens with two attached hydrogens (primary N) is 1. The number of nitrogens with zero attached hydrogens (tertiary/aromatic N) is 3. The molecule has 14 heteroatoms. The summed E-state index contributed by atoms with van der Waals surface area (Å²) in [6, 6.07) is 15.0. The molecule has 0 radical (unpaired) electrons. The summed E-state index contributed by atoms with van der Waals surface area (Å²) in [7, 11) is -5.26. The average Bonchev–Trinajstić information content (AvgIpc) is 3.22. The van der Waals surface area contributed by atoms with Crippen LogP contribution in [0.25, 0.3) is 33.3 Å². The van der Waals surface area contributed by atoms with Crippen LogP contribution in [0, 0.1) is 11.6 Å². The number of primary sulfonamides is 1. The van der Waals surface area contributed by atoms with Gasteiger partial charge in [0.05, 0.1) is 23.2 Å². The molecule has 0 aliphatic rings. The van der Waals surface area contributed by atoms with Crippen LogP contribution in [0.2, 0.25) is 0 Å². The van der Waals surface area contributed by atoms with Gasteiger partial charge in [0, 0.05) is 35.8 Å². The molecular weight excluding hydrogens is 564 g/mol. The van der Waals surface area contributed by atoms with Crippen LogP contribution in [0.5, 0.6) is 5.88 Å². The summed E-state index contributed by atoms with van der Waals surface area (Å²) in [6.45, 7) is 0. The third-order valence-electron chi connectivity index (χ3n) is 6.09. The van der Waals surface area contributed by atoms with Gasteiger partial charge in [-0.1, -0.05) is 18.2 Å². The van der Waals surface area contributed by atoms with Gasteiger partial charge in [-0.3, -0.25) is 9.40 Å². The van der Waals surface area contributed by atoms with Crippen molar-refractivity contribution in [2.45, 2.75) is 9.79 Å². The molecule has 0 atom stereocenters. The minimum absolute atomic E-state index is 0.0248. The second-order valence-electron chi connectivity index (χ2n) is 8.73. The molecule has 0 aliphatic heterocycles. The van der Waals surface area contributed by atoms with Crippen molar-refractivity contribution < 1.29 is 30.4 Å². The Morgan fingerprint density at radius 1 is 0.900 bits per heavy atom. The van der Waals surface area contributed by atoms with E-state index in [4.69, 9.17) is 9.88 Å². The van der Waals surface area contributed by atoms with Crippen LogP contribution in [0.15, 0.2) is 82.7 Å². The molecular formula is C26H21F2N5O5S2. The fourth-order valence-corrected chi connectivity index (χ4v) is 5.89. The lowest BCUT2D eigenvalue weighted by Gasteiger charge is -2.13. The van der Waals surface area contributed by atoms with E-state index < -0.39 is 36.6 Å². The first-order valence-electron chi connectivity index (χ1n) is 11.5. The number of aryl methyl sites for hydroxylation is 1. The number of hydrogen-bond donors (Lipinski definition) is 2. The van der Waals surface area contributed by atoms with Crippen LogP contribution in [0.3, 0.4) is 0 Å². The molecule has 0 aliphatic carbocycles. The molecule has 206 valence electrons. The SMILES string of the molecule is COc1ncc(-c2ccc3nn(C)c(-c4ccc(S(N)(=O)=O)cc4)c3c2)cc1NS(=O)(=O)c1ccc(F)cc1F. The van der Waals surface area contributed by atoms with Gasteiger partial charge in [-0.25, -0.2) is 35.7 Å². The Balaban J connectivity index is 1.57. The number of benzene rings is 3. The van der Waals surface area contributed by atoms with E-state index in [1.165, 1.54) is 31.5 Å². The maximum absolute atomic E-state index is 14.2. The summed E-state index contributed by atoms with van der Waals surface area (Å²) >= 11 is 0. The van der Waals surface area contributed by atoms with Crippen molar-refractivity contribution in [2.24, 2.45) is 12.2 Å². The van der Waals surface area contributed by atoms with Crippen LogP contribution in [0.4, 0.5) is 14.5 Å². The number of anilines is 1. The van der Waals surface area contributed by atoms with E-state index >= 15 is 0 Å². The molecule has 40 heavy (non-hydrogen) atoms. The Kier molecular flexibility index (Phi) is 6.77. The van der Waals surface area contributed by atoms with Gasteiger partial charge in [-0.15, -0.1) is 0 Å². The van der Waals surface area contributed by atoms with E-state index in [1.807, 2.05) is 6.07 Å². The lowest BCUT2D eigenvalue weighted by atomic mass is 10.0. The van der Waals surface area contributed by atoms with Crippen molar-refractivity contribution in [3.8, 4) is 28.3 Å². The van der Waals surface area contributed by atoms with Gasteiger partial charge in [-0.2, -0.15) is 5.10 Å². The van der Waals surface area contributed by atoms with E-state index in [-0.39, 0.29) is 16.5 Å². The van der Waals surface area contributed by atoms with E-state index in [9.17, 15) is 25.6 Å². The highest BCUT2D eigenvalue weighted by atomic mass is 32.2. The Morgan fingerprint density at radius 3 is 2.25 bits per heavy atom. The Morgan fingerprint density at radius 2 is 1.60 bits per heavy atom. The average molecular weight is 586 g/mol. The normalized spacial score (nSPS) is 12.0. The second kappa shape index (κ2) is 9.97. The fraction of sp³-hybridized carbons (Fsp3) is 0.0769. The van der Waals surface area contributed by atoms with Crippen LogP contribution in [-0.2, 0) is 27.1 Å². The van der Waals surface area contributed by atoms with Crippen LogP contribution < -0.4 is 14.6 Å². The molecule has 5 rings (SSSR count). The zero-order valence-electron chi connectivity index (χ0n) is 21.0. The smallest absolute Gasteiger partial charge is 0.264 e. The third-order valence-corrected chi connectivity index (χ3v) is 8.42. The number of aromatic nitrogens is 3. The standard InChI is InChI=1S/C26H21F2N5O5S2/c1-33-25(15-3-7-19(8-4-15)39(29,34)35)20-11-16(5-9-22(20)31-33)17-12-23(26(38-2)30-14-17)32-40(36,37)24-10-6-18(27)13-21(24)28/h3-14,32H,1-2H3,(H2,29,34,35). The summed E-state index contributed by atoms with van der Waals surface area (Å²) in [5.74, 6) is -2.22. The van der Waals surface area contributed by atoms with E-state index in [2.05, 4.69) is 14.8 Å². The first-order chi connectivity index (χ1) is 18.9. The summed E-state index contributed by atoms with van der Waals surface area (Å²) in [4.78, 5) is 3.43. The van der Waals surface area contributed by atoms with Crippen molar-refractivity contribution in [3.05, 3.63) is 84.6 Å². The van der Waals surface area contributed by atoms with Crippen LogP contribution in [0.1, 0.15) is 0 Å². The van der Waals surface area contributed by atoms with Gasteiger partial charge in [-0.05, 0) is 48.0 Å². The molecule has 0 unspecified atom stereocenters. The first-order valence-corrected chi connectivity index (χ1v) is 14.5. The number of halogens is 2. The molecule has 0 fully saturated rings. The molecule has 2 heterocycles. The molecule has 5 aromatic rings. The van der Waals surface area contributed by atoms with Crippen molar-refractivity contribution >= 4 is 36.6 Å². The van der Waals surface area contributed by atoms with Gasteiger partial charge in [0.1, 0.15) is 22.2 Å². The third kappa shape index (κ3) is 5.11. The zero-order chi connectivity index (χ0) is 28.8. The summed E-state index contributed by atoms with van der Waals surface area (Å²) in [5.41, 5.74) is 3.13. The minimum atomic E-state index is -4.46. The number of hydrogen-bond acceptors (Lipinski definition) is 7. The van der Waals surface area contributed by atoms with Crippen molar-refractivity contribution in [2.75, 3.05) is 11.8 Å². The number of ether oxygens (including phenoxy) is 1. The highest BCUT2D eigenvalue weighted by molar-refractivity contribution is 7.92. The van der Waals surface area contributed by atoms with Crippen molar-refractivity contribution in [1.82, 2.24) is 14.8 Å². The number of rotatable bonds is 7. The molecule has 2 aromatic heterocycles. The minimum Gasteiger partial charge on any atom is -0.480 e. The molecule has 3 aromatic carbocycles. The molecule has 0 bridgehead atoms. The zero-order valence-corrected chi connectivity index (χ0v) is 22.6. The predicted octanol–water partition coefficient (Wildman–Crippen LogP) is 4.04. The summed E-state index contributed by atoms with van der Waals surface area (Å²) < 4.78 is 85.8. The molecule has 3 N–H and O–H groups in total. The molecule has 0 saturated heterocycles. The lowest BCUT2D eigenvalue weighted by molar-refractivity contribution is 0.400.